The Morgan fingerprint density at radius 1 is 1.48 bits per heavy atom. The summed E-state index contributed by atoms with van der Waals surface area (Å²) in [6.07, 6.45) is 1.81. The summed E-state index contributed by atoms with van der Waals surface area (Å²) in [4.78, 5) is 18.0. The van der Waals surface area contributed by atoms with Gasteiger partial charge in [-0.3, -0.25) is 9.69 Å². The zero-order chi connectivity index (χ0) is 14.7. The second kappa shape index (κ2) is 6.73. The molecule has 1 aromatic heterocycles. The highest BCUT2D eigenvalue weighted by Crippen LogP contribution is 2.26. The molecule has 0 aromatic carbocycles. The standard InChI is InChI=1S/C16H23N3OS/c1-2-5-19(11-15-4-3-6-21-15)16(20)12-18-9-13-7-17-8-14(13)10-18/h2-4,6,13-14,17H,1,5,7-12H2. The van der Waals surface area contributed by atoms with Crippen LogP contribution in [0.5, 0.6) is 0 Å². The third-order valence-corrected chi connectivity index (χ3v) is 5.31. The van der Waals surface area contributed by atoms with E-state index in [-0.39, 0.29) is 5.91 Å². The number of hydrogen-bond acceptors (Lipinski definition) is 4. The molecule has 4 nitrogen and oxygen atoms in total. The van der Waals surface area contributed by atoms with Crippen molar-refractivity contribution in [3.8, 4) is 0 Å². The Morgan fingerprint density at radius 2 is 2.24 bits per heavy atom. The molecule has 3 heterocycles. The number of carbonyl (C=O) groups is 1. The SMILES string of the molecule is C=CCN(Cc1cccs1)C(=O)CN1CC2CNCC2C1. The van der Waals surface area contributed by atoms with Crippen molar-refractivity contribution in [3.05, 3.63) is 35.0 Å². The average molecular weight is 305 g/mol. The molecule has 1 N–H and O–H groups in total. The van der Waals surface area contributed by atoms with Crippen LogP contribution in [0.4, 0.5) is 0 Å². The van der Waals surface area contributed by atoms with Gasteiger partial charge in [0.2, 0.25) is 5.91 Å². The summed E-state index contributed by atoms with van der Waals surface area (Å²) in [6.45, 7) is 9.99. The molecule has 0 radical (unpaired) electrons. The minimum atomic E-state index is 0.219. The molecule has 0 aliphatic carbocycles. The average Bonchev–Trinajstić information content (AvgIpc) is 3.14. The van der Waals surface area contributed by atoms with E-state index < -0.39 is 0 Å². The van der Waals surface area contributed by atoms with Crippen LogP contribution in [0.3, 0.4) is 0 Å². The summed E-state index contributed by atoms with van der Waals surface area (Å²) < 4.78 is 0. The third-order valence-electron chi connectivity index (χ3n) is 4.45. The van der Waals surface area contributed by atoms with Crippen molar-refractivity contribution in [3.63, 3.8) is 0 Å². The van der Waals surface area contributed by atoms with E-state index in [9.17, 15) is 4.79 Å². The fraction of sp³-hybridized carbons (Fsp3) is 0.562. The predicted molar refractivity (Wildman–Crippen MR) is 86.2 cm³/mol. The van der Waals surface area contributed by atoms with Crippen molar-refractivity contribution in [2.75, 3.05) is 39.3 Å². The molecule has 2 fully saturated rings. The maximum Gasteiger partial charge on any atom is 0.237 e. The first-order chi connectivity index (χ1) is 10.3. The van der Waals surface area contributed by atoms with E-state index in [0.29, 0.717) is 19.6 Å². The lowest BCUT2D eigenvalue weighted by molar-refractivity contribution is -0.132. The molecule has 5 heteroatoms. The maximum atomic E-state index is 12.6. The molecular weight excluding hydrogens is 282 g/mol. The first kappa shape index (κ1) is 14.8. The van der Waals surface area contributed by atoms with E-state index >= 15 is 0 Å². The fourth-order valence-electron chi connectivity index (χ4n) is 3.37. The fourth-order valence-corrected chi connectivity index (χ4v) is 4.09. The number of amides is 1. The van der Waals surface area contributed by atoms with Crippen LogP contribution in [-0.4, -0.2) is 55.0 Å². The molecule has 2 aliphatic heterocycles. The molecule has 3 rings (SSSR count). The number of nitrogens with zero attached hydrogens (tertiary/aromatic N) is 2. The number of carbonyl (C=O) groups excluding carboxylic acids is 1. The summed E-state index contributed by atoms with van der Waals surface area (Å²) in [5, 5.41) is 5.49. The summed E-state index contributed by atoms with van der Waals surface area (Å²) in [5.74, 6) is 1.70. The lowest BCUT2D eigenvalue weighted by Gasteiger charge is -2.24. The molecule has 0 saturated carbocycles. The third kappa shape index (κ3) is 3.54. The normalized spacial score (nSPS) is 25.0. The van der Waals surface area contributed by atoms with E-state index in [4.69, 9.17) is 0 Å². The minimum Gasteiger partial charge on any atom is -0.333 e. The van der Waals surface area contributed by atoms with Crippen LogP contribution in [0, 0.1) is 11.8 Å². The van der Waals surface area contributed by atoms with Gasteiger partial charge in [0.1, 0.15) is 0 Å². The molecule has 21 heavy (non-hydrogen) atoms. The number of nitrogens with one attached hydrogen (secondary N) is 1. The number of likely N-dealkylation sites (tertiary alicyclic amines) is 1. The summed E-state index contributed by atoms with van der Waals surface area (Å²) in [5.41, 5.74) is 0. The maximum absolute atomic E-state index is 12.6. The molecule has 0 spiro atoms. The molecule has 1 aromatic rings. The lowest BCUT2D eigenvalue weighted by Crippen LogP contribution is -2.40. The van der Waals surface area contributed by atoms with E-state index in [2.05, 4.69) is 28.2 Å². The molecule has 2 unspecified atom stereocenters. The van der Waals surface area contributed by atoms with Crippen molar-refractivity contribution in [1.82, 2.24) is 15.1 Å². The van der Waals surface area contributed by atoms with E-state index in [1.165, 1.54) is 4.88 Å². The molecule has 1 amide bonds. The molecular formula is C16H23N3OS. The van der Waals surface area contributed by atoms with Crippen molar-refractivity contribution < 1.29 is 4.79 Å². The van der Waals surface area contributed by atoms with Crippen molar-refractivity contribution in [1.29, 1.82) is 0 Å². The van der Waals surface area contributed by atoms with Gasteiger partial charge >= 0.3 is 0 Å². The Hall–Kier alpha value is -1.17. The molecule has 2 aliphatic rings. The van der Waals surface area contributed by atoms with Gasteiger partial charge in [0, 0.05) is 24.5 Å². The van der Waals surface area contributed by atoms with Gasteiger partial charge < -0.3 is 10.2 Å². The number of hydrogen-bond donors (Lipinski definition) is 1. The van der Waals surface area contributed by atoms with Gasteiger partial charge in [-0.15, -0.1) is 17.9 Å². The zero-order valence-electron chi connectivity index (χ0n) is 12.3. The smallest absolute Gasteiger partial charge is 0.237 e. The van der Waals surface area contributed by atoms with E-state index in [1.807, 2.05) is 17.0 Å². The molecule has 2 saturated heterocycles. The largest absolute Gasteiger partial charge is 0.333 e. The highest BCUT2D eigenvalue weighted by molar-refractivity contribution is 7.09. The quantitative estimate of drug-likeness (QED) is 0.807. The van der Waals surface area contributed by atoms with Gasteiger partial charge in [-0.25, -0.2) is 0 Å². The van der Waals surface area contributed by atoms with Gasteiger partial charge in [0.25, 0.3) is 0 Å². The molecule has 114 valence electrons. The summed E-state index contributed by atoms with van der Waals surface area (Å²) >= 11 is 1.70. The Balaban J connectivity index is 1.55. The zero-order valence-corrected chi connectivity index (χ0v) is 13.1. The van der Waals surface area contributed by atoms with Gasteiger partial charge in [-0.1, -0.05) is 12.1 Å². The Morgan fingerprint density at radius 3 is 2.86 bits per heavy atom. The second-order valence-corrected chi connectivity index (χ2v) is 7.05. The van der Waals surface area contributed by atoms with Gasteiger partial charge in [-0.2, -0.15) is 0 Å². The van der Waals surface area contributed by atoms with E-state index in [1.54, 1.807) is 11.3 Å². The highest BCUT2D eigenvalue weighted by Gasteiger charge is 2.36. The van der Waals surface area contributed by atoms with Gasteiger partial charge in [0.05, 0.1) is 13.1 Å². The van der Waals surface area contributed by atoms with Crippen LogP contribution in [0.1, 0.15) is 4.88 Å². The van der Waals surface area contributed by atoms with Crippen LogP contribution >= 0.6 is 11.3 Å². The van der Waals surface area contributed by atoms with Crippen LogP contribution < -0.4 is 5.32 Å². The number of thiophene rings is 1. The molecule has 2 atom stereocenters. The molecule has 0 bridgehead atoms. The van der Waals surface area contributed by atoms with Crippen LogP contribution in [0.25, 0.3) is 0 Å². The second-order valence-electron chi connectivity index (χ2n) is 6.01. The van der Waals surface area contributed by atoms with Crippen molar-refractivity contribution in [2.24, 2.45) is 11.8 Å². The highest BCUT2D eigenvalue weighted by atomic mass is 32.1. The van der Waals surface area contributed by atoms with Crippen LogP contribution in [0.15, 0.2) is 30.2 Å². The Bertz CT molecular complexity index is 476. The lowest BCUT2D eigenvalue weighted by atomic mass is 10.0. The predicted octanol–water partition coefficient (Wildman–Crippen LogP) is 1.41. The van der Waals surface area contributed by atoms with Gasteiger partial charge in [0.15, 0.2) is 0 Å². The number of rotatable bonds is 6. The van der Waals surface area contributed by atoms with Crippen LogP contribution in [-0.2, 0) is 11.3 Å². The number of fused-ring (bicyclic) bond motifs is 1. The van der Waals surface area contributed by atoms with Crippen molar-refractivity contribution in [2.45, 2.75) is 6.54 Å². The van der Waals surface area contributed by atoms with E-state index in [0.717, 1.165) is 38.0 Å². The Labute approximate surface area is 130 Å². The first-order valence-electron chi connectivity index (χ1n) is 7.60. The minimum absolute atomic E-state index is 0.219. The van der Waals surface area contributed by atoms with Crippen LogP contribution in [0.2, 0.25) is 0 Å². The Kier molecular flexibility index (Phi) is 4.73. The van der Waals surface area contributed by atoms with Crippen molar-refractivity contribution >= 4 is 17.2 Å². The first-order valence-corrected chi connectivity index (χ1v) is 8.48. The summed E-state index contributed by atoms with van der Waals surface area (Å²) in [6, 6.07) is 4.12. The topological polar surface area (TPSA) is 35.6 Å². The summed E-state index contributed by atoms with van der Waals surface area (Å²) in [7, 11) is 0. The monoisotopic (exact) mass is 305 g/mol. The van der Waals surface area contributed by atoms with Gasteiger partial charge in [-0.05, 0) is 36.4 Å².